The largest absolute Gasteiger partial charge is 0.497 e. The maximum Gasteiger partial charge on any atom is 0.119 e. The summed E-state index contributed by atoms with van der Waals surface area (Å²) < 4.78 is 5.26. The summed E-state index contributed by atoms with van der Waals surface area (Å²) in [7, 11) is 1.65. The van der Waals surface area contributed by atoms with Gasteiger partial charge in [0.1, 0.15) is 5.75 Å². The Morgan fingerprint density at radius 2 is 2.05 bits per heavy atom. The van der Waals surface area contributed by atoms with E-state index in [1.807, 2.05) is 36.4 Å². The molecule has 0 fully saturated rings. The van der Waals surface area contributed by atoms with Gasteiger partial charge >= 0.3 is 0 Å². The Morgan fingerprint density at radius 3 is 2.76 bits per heavy atom. The van der Waals surface area contributed by atoms with Crippen molar-refractivity contribution in [3.05, 3.63) is 65.2 Å². The van der Waals surface area contributed by atoms with Crippen molar-refractivity contribution in [1.82, 2.24) is 0 Å². The van der Waals surface area contributed by atoms with Crippen LogP contribution in [-0.4, -0.2) is 24.9 Å². The zero-order valence-electron chi connectivity index (χ0n) is 12.2. The van der Waals surface area contributed by atoms with Crippen LogP contribution in [0, 0.1) is 0 Å². The molecule has 0 heterocycles. The second-order valence-electron chi connectivity index (χ2n) is 5.62. The van der Waals surface area contributed by atoms with Crippen LogP contribution in [0.1, 0.15) is 28.5 Å². The number of hydrogen-bond acceptors (Lipinski definition) is 3. The Labute approximate surface area is 125 Å². The van der Waals surface area contributed by atoms with Gasteiger partial charge in [-0.25, -0.2) is 0 Å². The number of rotatable bonds is 5. The fourth-order valence-electron chi connectivity index (χ4n) is 3.23. The molecule has 3 rings (SSSR count). The molecule has 110 valence electrons. The van der Waals surface area contributed by atoms with Gasteiger partial charge in [0.2, 0.25) is 0 Å². The van der Waals surface area contributed by atoms with Crippen LogP contribution >= 0.6 is 0 Å². The highest BCUT2D eigenvalue weighted by Gasteiger charge is 2.36. The Bertz CT molecular complexity index is 626. The first kappa shape index (κ1) is 14.1. The van der Waals surface area contributed by atoms with Gasteiger partial charge in [0.15, 0.2) is 0 Å². The highest BCUT2D eigenvalue weighted by atomic mass is 16.5. The molecule has 0 radical (unpaired) electrons. The maximum atomic E-state index is 10.8. The second-order valence-corrected chi connectivity index (χ2v) is 5.62. The van der Waals surface area contributed by atoms with Crippen LogP contribution in [0.4, 0.5) is 0 Å². The number of ether oxygens (including phenoxy) is 1. The van der Waals surface area contributed by atoms with E-state index >= 15 is 0 Å². The van der Waals surface area contributed by atoms with Gasteiger partial charge in [-0.15, -0.1) is 0 Å². The summed E-state index contributed by atoms with van der Waals surface area (Å²) in [4.78, 5) is 0. The maximum absolute atomic E-state index is 10.8. The van der Waals surface area contributed by atoms with Crippen LogP contribution in [-0.2, 0) is 6.42 Å². The molecule has 3 N–H and O–H groups in total. The lowest BCUT2D eigenvalue weighted by Gasteiger charge is -2.37. The molecule has 3 atom stereocenters. The summed E-state index contributed by atoms with van der Waals surface area (Å²) in [6.07, 6.45) is 0.467. The molecule has 21 heavy (non-hydrogen) atoms. The van der Waals surface area contributed by atoms with Gasteiger partial charge in [-0.05, 0) is 35.2 Å². The van der Waals surface area contributed by atoms with Crippen molar-refractivity contribution >= 4 is 0 Å². The van der Waals surface area contributed by atoms with E-state index in [2.05, 4.69) is 12.1 Å². The molecule has 0 aromatic heterocycles. The second kappa shape index (κ2) is 5.88. The Hall–Kier alpha value is -1.84. The number of hydrogen-bond donors (Lipinski definition) is 2. The van der Waals surface area contributed by atoms with Gasteiger partial charge in [0.25, 0.3) is 0 Å². The van der Waals surface area contributed by atoms with Crippen molar-refractivity contribution in [2.24, 2.45) is 5.73 Å². The molecule has 0 bridgehead atoms. The molecule has 0 saturated heterocycles. The Balaban J connectivity index is 1.83. The Kier molecular flexibility index (Phi) is 3.95. The third kappa shape index (κ3) is 2.55. The van der Waals surface area contributed by atoms with Gasteiger partial charge < -0.3 is 15.6 Å². The van der Waals surface area contributed by atoms with Gasteiger partial charge in [0.05, 0.1) is 13.2 Å². The van der Waals surface area contributed by atoms with E-state index in [0.29, 0.717) is 6.54 Å². The topological polar surface area (TPSA) is 55.5 Å². The predicted molar refractivity (Wildman–Crippen MR) is 83.7 cm³/mol. The number of nitrogens with two attached hydrogens (primary N) is 1. The first-order chi connectivity index (χ1) is 10.2. The lowest BCUT2D eigenvalue weighted by atomic mass is 9.70. The normalized spacial score (nSPS) is 19.3. The fourth-order valence-corrected chi connectivity index (χ4v) is 3.23. The minimum absolute atomic E-state index is 0.0709. The van der Waals surface area contributed by atoms with Crippen LogP contribution in [0.3, 0.4) is 0 Å². The minimum Gasteiger partial charge on any atom is -0.497 e. The molecular weight excluding hydrogens is 262 g/mol. The number of benzene rings is 2. The number of aliphatic hydroxyl groups is 1. The van der Waals surface area contributed by atoms with Gasteiger partial charge in [0, 0.05) is 18.4 Å². The summed E-state index contributed by atoms with van der Waals surface area (Å²) in [6.45, 7) is 0.424. The lowest BCUT2D eigenvalue weighted by molar-refractivity contribution is 0.106. The Morgan fingerprint density at radius 1 is 1.24 bits per heavy atom. The summed E-state index contributed by atoms with van der Waals surface area (Å²) in [5.41, 5.74) is 9.56. The fraction of sp³-hybridized carbons (Fsp3) is 0.333. The predicted octanol–water partition coefficient (Wildman–Crippen LogP) is 2.44. The molecular formula is C18H21NO2. The summed E-state index contributed by atoms with van der Waals surface area (Å²) >= 11 is 0. The summed E-state index contributed by atoms with van der Waals surface area (Å²) in [5, 5.41) is 10.8. The molecule has 0 amide bonds. The summed E-state index contributed by atoms with van der Waals surface area (Å²) in [6, 6.07) is 16.1. The van der Waals surface area contributed by atoms with Crippen LogP contribution in [0.15, 0.2) is 48.5 Å². The van der Waals surface area contributed by atoms with Crippen molar-refractivity contribution in [2.75, 3.05) is 13.7 Å². The summed E-state index contributed by atoms with van der Waals surface area (Å²) in [5.74, 6) is 0.909. The first-order valence-corrected chi connectivity index (χ1v) is 7.34. The molecule has 0 spiro atoms. The van der Waals surface area contributed by atoms with Crippen LogP contribution in [0.25, 0.3) is 0 Å². The van der Waals surface area contributed by atoms with Crippen molar-refractivity contribution in [2.45, 2.75) is 24.4 Å². The van der Waals surface area contributed by atoms with Crippen LogP contribution < -0.4 is 10.5 Å². The molecule has 3 heteroatoms. The third-order valence-electron chi connectivity index (χ3n) is 4.49. The molecule has 0 saturated carbocycles. The quantitative estimate of drug-likeness (QED) is 0.886. The number of fused-ring (bicyclic) bond motifs is 1. The highest BCUT2D eigenvalue weighted by Crippen LogP contribution is 2.41. The first-order valence-electron chi connectivity index (χ1n) is 7.34. The van der Waals surface area contributed by atoms with E-state index in [1.165, 1.54) is 11.1 Å². The van der Waals surface area contributed by atoms with E-state index < -0.39 is 6.10 Å². The molecule has 0 aliphatic heterocycles. The van der Waals surface area contributed by atoms with Crippen LogP contribution in [0.2, 0.25) is 0 Å². The average Bonchev–Trinajstić information content (AvgIpc) is 2.49. The minimum atomic E-state index is -0.461. The van der Waals surface area contributed by atoms with E-state index in [1.54, 1.807) is 7.11 Å². The molecule has 2 aromatic carbocycles. The molecule has 3 unspecified atom stereocenters. The van der Waals surface area contributed by atoms with Crippen LogP contribution in [0.5, 0.6) is 5.75 Å². The van der Waals surface area contributed by atoms with E-state index in [0.717, 1.165) is 17.7 Å². The van der Waals surface area contributed by atoms with Gasteiger partial charge in [-0.3, -0.25) is 0 Å². The zero-order chi connectivity index (χ0) is 14.8. The standard InChI is InChI=1S/C18H21NO2/c1-21-14-7-4-6-12(9-14)17(11-19)18(20)16-10-13-5-2-3-8-15(13)16/h2-9,16-18,20H,10-11,19H2,1H3. The van der Waals surface area contributed by atoms with Gasteiger partial charge in [-0.2, -0.15) is 0 Å². The SMILES string of the molecule is COc1cccc(C(CN)C(O)C2Cc3ccccc32)c1. The molecule has 1 aliphatic rings. The van der Waals surface area contributed by atoms with E-state index in [-0.39, 0.29) is 11.8 Å². The van der Waals surface area contributed by atoms with Crippen molar-refractivity contribution in [3.63, 3.8) is 0 Å². The molecule has 2 aromatic rings. The number of methoxy groups -OCH3 is 1. The van der Waals surface area contributed by atoms with E-state index in [4.69, 9.17) is 10.5 Å². The van der Waals surface area contributed by atoms with Crippen molar-refractivity contribution < 1.29 is 9.84 Å². The number of aliphatic hydroxyl groups excluding tert-OH is 1. The lowest BCUT2D eigenvalue weighted by Crippen LogP contribution is -2.36. The monoisotopic (exact) mass is 283 g/mol. The molecule has 3 nitrogen and oxygen atoms in total. The zero-order valence-corrected chi connectivity index (χ0v) is 12.2. The van der Waals surface area contributed by atoms with Gasteiger partial charge in [-0.1, -0.05) is 36.4 Å². The average molecular weight is 283 g/mol. The van der Waals surface area contributed by atoms with Crippen molar-refractivity contribution in [3.8, 4) is 5.75 Å². The smallest absolute Gasteiger partial charge is 0.119 e. The highest BCUT2D eigenvalue weighted by molar-refractivity contribution is 5.42. The third-order valence-corrected chi connectivity index (χ3v) is 4.49. The van der Waals surface area contributed by atoms with E-state index in [9.17, 15) is 5.11 Å². The molecule has 1 aliphatic carbocycles. The van der Waals surface area contributed by atoms with Crippen molar-refractivity contribution in [1.29, 1.82) is 0 Å².